The number of aliphatic imine (C=N–C) groups is 1. The fraction of sp³-hybridized carbons (Fsp3) is 0.391. The average molecular weight is 397 g/mol. The molecular formula is C23H28N2O2S. The molecule has 1 fully saturated rings. The standard InChI is InChI=1S/C23H28N2O2S/c1-16-5-6-20(11-17(16)2)28-14-23(26)21-12-19(4)22(13-18(21)3)24-15-25-7-9-27-10-8-25/h5-6,11-13,15H,7-10,14H2,1-4H3/b24-15+. The predicted molar refractivity (Wildman–Crippen MR) is 117 cm³/mol. The Balaban J connectivity index is 1.67. The second kappa shape index (κ2) is 9.39. The molecule has 1 saturated heterocycles. The Morgan fingerprint density at radius 2 is 1.79 bits per heavy atom. The van der Waals surface area contributed by atoms with Crippen molar-refractivity contribution in [3.63, 3.8) is 0 Å². The number of Topliss-reactive ketones (excluding diaryl/α,β-unsaturated/α-hetero) is 1. The van der Waals surface area contributed by atoms with Crippen molar-refractivity contribution in [3.05, 3.63) is 58.1 Å². The molecule has 148 valence electrons. The van der Waals surface area contributed by atoms with Gasteiger partial charge in [-0.2, -0.15) is 0 Å². The summed E-state index contributed by atoms with van der Waals surface area (Å²) >= 11 is 1.60. The monoisotopic (exact) mass is 396 g/mol. The molecule has 1 aliphatic rings. The molecule has 1 aliphatic heterocycles. The summed E-state index contributed by atoms with van der Waals surface area (Å²) in [6.07, 6.45) is 1.89. The summed E-state index contributed by atoms with van der Waals surface area (Å²) in [7, 11) is 0. The van der Waals surface area contributed by atoms with E-state index in [9.17, 15) is 4.79 Å². The van der Waals surface area contributed by atoms with Crippen LogP contribution in [0.25, 0.3) is 0 Å². The van der Waals surface area contributed by atoms with Crippen LogP contribution in [-0.4, -0.2) is 49.1 Å². The van der Waals surface area contributed by atoms with Crippen molar-refractivity contribution in [2.75, 3.05) is 32.1 Å². The molecule has 28 heavy (non-hydrogen) atoms. The van der Waals surface area contributed by atoms with Gasteiger partial charge in [-0.1, -0.05) is 6.07 Å². The third kappa shape index (κ3) is 5.24. The molecule has 0 radical (unpaired) electrons. The van der Waals surface area contributed by atoms with E-state index in [0.717, 1.165) is 53.6 Å². The number of carbonyl (C=O) groups is 1. The molecule has 0 N–H and O–H groups in total. The van der Waals surface area contributed by atoms with Crippen LogP contribution < -0.4 is 0 Å². The normalized spacial score (nSPS) is 14.6. The SMILES string of the molecule is Cc1ccc(SCC(=O)c2cc(C)c(/N=C/N3CCOCC3)cc2C)cc1C. The molecule has 4 nitrogen and oxygen atoms in total. The van der Waals surface area contributed by atoms with Crippen molar-refractivity contribution in [2.24, 2.45) is 4.99 Å². The van der Waals surface area contributed by atoms with E-state index in [1.807, 2.05) is 32.3 Å². The Labute approximate surface area is 172 Å². The van der Waals surface area contributed by atoms with Crippen LogP contribution in [-0.2, 0) is 4.74 Å². The number of ether oxygens (including phenoxy) is 1. The van der Waals surface area contributed by atoms with Crippen molar-refractivity contribution in [3.8, 4) is 0 Å². The maximum Gasteiger partial charge on any atom is 0.173 e. The number of morpholine rings is 1. The van der Waals surface area contributed by atoms with Gasteiger partial charge < -0.3 is 9.64 Å². The quantitative estimate of drug-likeness (QED) is 0.302. The maximum absolute atomic E-state index is 12.8. The summed E-state index contributed by atoms with van der Waals surface area (Å²) in [5, 5.41) is 0. The van der Waals surface area contributed by atoms with Crippen molar-refractivity contribution < 1.29 is 9.53 Å². The van der Waals surface area contributed by atoms with E-state index in [0.29, 0.717) is 5.75 Å². The van der Waals surface area contributed by atoms with Gasteiger partial charge in [0.1, 0.15) is 0 Å². The lowest BCUT2D eigenvalue weighted by Crippen LogP contribution is -2.35. The van der Waals surface area contributed by atoms with Gasteiger partial charge in [0.25, 0.3) is 0 Å². The summed E-state index contributed by atoms with van der Waals surface area (Å²) in [5.41, 5.74) is 6.24. The van der Waals surface area contributed by atoms with Gasteiger partial charge in [-0.15, -0.1) is 11.8 Å². The number of thioether (sulfide) groups is 1. The predicted octanol–water partition coefficient (Wildman–Crippen LogP) is 4.89. The third-order valence-corrected chi connectivity index (χ3v) is 6.09. The number of hydrogen-bond acceptors (Lipinski definition) is 4. The second-order valence-electron chi connectivity index (χ2n) is 7.30. The molecular weight excluding hydrogens is 368 g/mol. The van der Waals surface area contributed by atoms with Crippen LogP contribution in [0.2, 0.25) is 0 Å². The number of rotatable bonds is 6. The van der Waals surface area contributed by atoms with E-state index in [1.165, 1.54) is 11.1 Å². The second-order valence-corrected chi connectivity index (χ2v) is 8.35. The van der Waals surface area contributed by atoms with Crippen molar-refractivity contribution in [1.82, 2.24) is 4.90 Å². The summed E-state index contributed by atoms with van der Waals surface area (Å²) in [5.74, 6) is 0.603. The minimum absolute atomic E-state index is 0.160. The summed E-state index contributed by atoms with van der Waals surface area (Å²) in [6.45, 7) is 11.4. The van der Waals surface area contributed by atoms with Crippen LogP contribution in [0.5, 0.6) is 0 Å². The first-order valence-corrected chi connectivity index (χ1v) is 10.6. The van der Waals surface area contributed by atoms with Crippen LogP contribution in [0.4, 0.5) is 5.69 Å². The summed E-state index contributed by atoms with van der Waals surface area (Å²) in [6, 6.07) is 10.3. The van der Waals surface area contributed by atoms with Crippen LogP contribution >= 0.6 is 11.8 Å². The number of nitrogens with zero attached hydrogens (tertiary/aromatic N) is 2. The van der Waals surface area contributed by atoms with Crippen molar-refractivity contribution in [2.45, 2.75) is 32.6 Å². The first-order valence-electron chi connectivity index (χ1n) is 9.64. The molecule has 3 rings (SSSR count). The van der Waals surface area contributed by atoms with E-state index >= 15 is 0 Å². The van der Waals surface area contributed by atoms with Gasteiger partial charge in [-0.3, -0.25) is 4.79 Å². The molecule has 0 saturated carbocycles. The Bertz CT molecular complexity index is 886. The van der Waals surface area contributed by atoms with Crippen LogP contribution in [0.1, 0.15) is 32.6 Å². The largest absolute Gasteiger partial charge is 0.378 e. The van der Waals surface area contributed by atoms with Crippen molar-refractivity contribution >= 4 is 29.6 Å². The maximum atomic E-state index is 12.8. The Kier molecular flexibility index (Phi) is 6.92. The lowest BCUT2D eigenvalue weighted by atomic mass is 10.0. The van der Waals surface area contributed by atoms with Gasteiger partial charge in [0.2, 0.25) is 0 Å². The fourth-order valence-corrected chi connectivity index (χ4v) is 3.99. The molecule has 0 aliphatic carbocycles. The number of benzene rings is 2. The van der Waals surface area contributed by atoms with Crippen LogP contribution in [0, 0.1) is 27.7 Å². The highest BCUT2D eigenvalue weighted by molar-refractivity contribution is 8.00. The minimum atomic E-state index is 0.160. The van der Waals surface area contributed by atoms with Gasteiger partial charge in [0.05, 0.1) is 31.0 Å². The lowest BCUT2D eigenvalue weighted by Gasteiger charge is -2.24. The van der Waals surface area contributed by atoms with Gasteiger partial charge in [-0.25, -0.2) is 4.99 Å². The number of hydrogen-bond donors (Lipinski definition) is 0. The van der Waals surface area contributed by atoms with Gasteiger partial charge in [-0.05, 0) is 74.2 Å². The lowest BCUT2D eigenvalue weighted by molar-refractivity contribution is 0.0701. The van der Waals surface area contributed by atoms with E-state index in [4.69, 9.17) is 4.74 Å². The third-order valence-electron chi connectivity index (χ3n) is 5.10. The molecule has 1 heterocycles. The number of ketones is 1. The highest BCUT2D eigenvalue weighted by atomic mass is 32.2. The van der Waals surface area contributed by atoms with E-state index in [1.54, 1.807) is 11.8 Å². The molecule has 0 amide bonds. The fourth-order valence-electron chi connectivity index (χ4n) is 3.11. The molecule has 5 heteroatoms. The van der Waals surface area contributed by atoms with Crippen molar-refractivity contribution in [1.29, 1.82) is 0 Å². The zero-order chi connectivity index (χ0) is 20.1. The number of carbonyl (C=O) groups excluding carboxylic acids is 1. The summed E-state index contributed by atoms with van der Waals surface area (Å²) < 4.78 is 5.36. The number of aryl methyl sites for hydroxylation is 4. The van der Waals surface area contributed by atoms with E-state index < -0.39 is 0 Å². The molecule has 2 aromatic rings. The first kappa shape index (κ1) is 20.6. The highest BCUT2D eigenvalue weighted by Gasteiger charge is 2.13. The van der Waals surface area contributed by atoms with Gasteiger partial charge in [0, 0.05) is 23.5 Å². The first-order chi connectivity index (χ1) is 13.4. The summed E-state index contributed by atoms with van der Waals surface area (Å²) in [4.78, 5) is 20.7. The minimum Gasteiger partial charge on any atom is -0.378 e. The van der Waals surface area contributed by atoms with Gasteiger partial charge in [0.15, 0.2) is 5.78 Å². The molecule has 0 bridgehead atoms. The molecule has 0 unspecified atom stereocenters. The van der Waals surface area contributed by atoms with E-state index in [-0.39, 0.29) is 5.78 Å². The van der Waals surface area contributed by atoms with Crippen LogP contribution in [0.3, 0.4) is 0 Å². The zero-order valence-electron chi connectivity index (χ0n) is 17.1. The smallest absolute Gasteiger partial charge is 0.173 e. The molecule has 2 aromatic carbocycles. The molecule has 0 aromatic heterocycles. The Morgan fingerprint density at radius 3 is 2.50 bits per heavy atom. The Hall–Kier alpha value is -2.11. The van der Waals surface area contributed by atoms with Crippen LogP contribution in [0.15, 0.2) is 40.2 Å². The topological polar surface area (TPSA) is 41.9 Å². The average Bonchev–Trinajstić information content (AvgIpc) is 2.69. The zero-order valence-corrected chi connectivity index (χ0v) is 17.9. The molecule has 0 spiro atoms. The highest BCUT2D eigenvalue weighted by Crippen LogP contribution is 2.26. The van der Waals surface area contributed by atoms with E-state index in [2.05, 4.69) is 41.9 Å². The Morgan fingerprint density at radius 1 is 1.04 bits per heavy atom. The van der Waals surface area contributed by atoms with Gasteiger partial charge >= 0.3 is 0 Å². The molecule has 0 atom stereocenters.